The summed E-state index contributed by atoms with van der Waals surface area (Å²) in [6.07, 6.45) is -0.0584. The third kappa shape index (κ3) is 2.92. The van der Waals surface area contributed by atoms with Crippen molar-refractivity contribution in [3.63, 3.8) is 0 Å². The van der Waals surface area contributed by atoms with Crippen LogP contribution in [0.25, 0.3) is 0 Å². The van der Waals surface area contributed by atoms with Crippen LogP contribution in [0.5, 0.6) is 5.75 Å². The minimum absolute atomic E-state index is 0.0584. The number of nitrogen functional groups attached to an aromatic ring is 1. The average molecular weight is 248 g/mol. The third-order valence-corrected chi connectivity index (χ3v) is 2.78. The van der Waals surface area contributed by atoms with Gasteiger partial charge in [-0.1, -0.05) is 41.9 Å². The summed E-state index contributed by atoms with van der Waals surface area (Å²) in [6.45, 7) is 1.98. The SMILES string of the molecule is CC(Oc1cc(Cl)ccc1N)c1ccccc1. The van der Waals surface area contributed by atoms with Gasteiger partial charge in [-0.2, -0.15) is 0 Å². The molecule has 2 aromatic carbocycles. The molecule has 3 heteroatoms. The molecule has 0 aliphatic carbocycles. The van der Waals surface area contributed by atoms with Crippen molar-refractivity contribution >= 4 is 17.3 Å². The molecule has 0 heterocycles. The van der Waals surface area contributed by atoms with Crippen molar-refractivity contribution < 1.29 is 4.74 Å². The Morgan fingerprint density at radius 1 is 1.12 bits per heavy atom. The quantitative estimate of drug-likeness (QED) is 0.830. The highest BCUT2D eigenvalue weighted by Gasteiger charge is 2.09. The highest BCUT2D eigenvalue weighted by atomic mass is 35.5. The number of nitrogens with two attached hydrogens (primary N) is 1. The van der Waals surface area contributed by atoms with Crippen LogP contribution in [0.1, 0.15) is 18.6 Å². The smallest absolute Gasteiger partial charge is 0.144 e. The number of hydrogen-bond acceptors (Lipinski definition) is 2. The molecule has 0 spiro atoms. The van der Waals surface area contributed by atoms with E-state index in [2.05, 4.69) is 0 Å². The second-order valence-corrected chi connectivity index (χ2v) is 4.29. The van der Waals surface area contributed by atoms with Crippen LogP contribution < -0.4 is 10.5 Å². The first kappa shape index (κ1) is 11.8. The van der Waals surface area contributed by atoms with E-state index in [1.54, 1.807) is 18.2 Å². The van der Waals surface area contributed by atoms with E-state index in [-0.39, 0.29) is 6.10 Å². The molecule has 0 saturated carbocycles. The molecule has 0 radical (unpaired) electrons. The molecule has 17 heavy (non-hydrogen) atoms. The van der Waals surface area contributed by atoms with E-state index in [0.717, 1.165) is 5.56 Å². The monoisotopic (exact) mass is 247 g/mol. The number of rotatable bonds is 3. The maximum Gasteiger partial charge on any atom is 0.144 e. The van der Waals surface area contributed by atoms with E-state index < -0.39 is 0 Å². The van der Waals surface area contributed by atoms with Gasteiger partial charge < -0.3 is 10.5 Å². The zero-order chi connectivity index (χ0) is 12.3. The van der Waals surface area contributed by atoms with Crippen molar-refractivity contribution in [3.8, 4) is 5.75 Å². The molecule has 0 saturated heterocycles. The lowest BCUT2D eigenvalue weighted by molar-refractivity contribution is 0.228. The molecule has 0 amide bonds. The van der Waals surface area contributed by atoms with Gasteiger partial charge in [0.2, 0.25) is 0 Å². The van der Waals surface area contributed by atoms with E-state index in [1.165, 1.54) is 0 Å². The molecular formula is C14H14ClNO. The molecule has 1 unspecified atom stereocenters. The Labute approximate surface area is 106 Å². The molecule has 2 nitrogen and oxygen atoms in total. The Morgan fingerprint density at radius 3 is 2.53 bits per heavy atom. The van der Waals surface area contributed by atoms with Crippen molar-refractivity contribution in [3.05, 3.63) is 59.1 Å². The number of benzene rings is 2. The van der Waals surface area contributed by atoms with E-state index in [0.29, 0.717) is 16.5 Å². The van der Waals surface area contributed by atoms with Crippen molar-refractivity contribution in [2.75, 3.05) is 5.73 Å². The van der Waals surface area contributed by atoms with Crippen LogP contribution in [0.4, 0.5) is 5.69 Å². The summed E-state index contributed by atoms with van der Waals surface area (Å²) in [5.74, 6) is 0.619. The third-order valence-electron chi connectivity index (χ3n) is 2.55. The lowest BCUT2D eigenvalue weighted by Crippen LogP contribution is -2.04. The van der Waals surface area contributed by atoms with Crippen LogP contribution in [0.3, 0.4) is 0 Å². The Hall–Kier alpha value is -1.67. The largest absolute Gasteiger partial charge is 0.484 e. The minimum atomic E-state index is -0.0584. The van der Waals surface area contributed by atoms with Crippen molar-refractivity contribution in [1.29, 1.82) is 0 Å². The standard InChI is InChI=1S/C14H14ClNO/c1-10(11-5-3-2-4-6-11)17-14-9-12(15)7-8-13(14)16/h2-10H,16H2,1H3. The molecule has 88 valence electrons. The molecule has 2 rings (SSSR count). The summed E-state index contributed by atoms with van der Waals surface area (Å²) in [5, 5.41) is 0.620. The molecule has 0 fully saturated rings. The lowest BCUT2D eigenvalue weighted by atomic mass is 10.1. The molecule has 0 bridgehead atoms. The molecule has 2 aromatic rings. The molecule has 1 atom stereocenters. The van der Waals surface area contributed by atoms with E-state index in [1.807, 2.05) is 37.3 Å². The number of halogens is 1. The molecule has 0 aliphatic rings. The molecule has 0 aliphatic heterocycles. The maximum atomic E-state index is 5.91. The summed E-state index contributed by atoms with van der Waals surface area (Å²) in [7, 11) is 0. The van der Waals surface area contributed by atoms with Gasteiger partial charge in [0, 0.05) is 11.1 Å². The fourth-order valence-corrected chi connectivity index (χ4v) is 1.75. The van der Waals surface area contributed by atoms with E-state index in [9.17, 15) is 0 Å². The van der Waals surface area contributed by atoms with Gasteiger partial charge in [-0.15, -0.1) is 0 Å². The molecular weight excluding hydrogens is 234 g/mol. The number of hydrogen-bond donors (Lipinski definition) is 1. The summed E-state index contributed by atoms with van der Waals surface area (Å²) in [5.41, 5.74) is 7.53. The Morgan fingerprint density at radius 2 is 1.82 bits per heavy atom. The molecule has 0 aromatic heterocycles. The van der Waals surface area contributed by atoms with Crippen molar-refractivity contribution in [2.24, 2.45) is 0 Å². The first-order valence-corrected chi connectivity index (χ1v) is 5.81. The fraction of sp³-hybridized carbons (Fsp3) is 0.143. The Balaban J connectivity index is 2.18. The lowest BCUT2D eigenvalue weighted by Gasteiger charge is -2.16. The van der Waals surface area contributed by atoms with Crippen molar-refractivity contribution in [1.82, 2.24) is 0 Å². The second-order valence-electron chi connectivity index (χ2n) is 3.85. The predicted molar refractivity (Wildman–Crippen MR) is 71.3 cm³/mol. The Kier molecular flexibility index (Phi) is 3.55. The number of ether oxygens (including phenoxy) is 1. The van der Waals surface area contributed by atoms with Crippen LogP contribution in [-0.4, -0.2) is 0 Å². The summed E-state index contributed by atoms with van der Waals surface area (Å²) >= 11 is 5.91. The number of anilines is 1. The summed E-state index contributed by atoms with van der Waals surface area (Å²) in [6, 6.07) is 15.2. The second kappa shape index (κ2) is 5.11. The highest BCUT2D eigenvalue weighted by Crippen LogP contribution is 2.29. The van der Waals surface area contributed by atoms with E-state index in [4.69, 9.17) is 22.1 Å². The molecule has 2 N–H and O–H groups in total. The van der Waals surface area contributed by atoms with Gasteiger partial charge in [-0.3, -0.25) is 0 Å². The van der Waals surface area contributed by atoms with E-state index >= 15 is 0 Å². The zero-order valence-corrected chi connectivity index (χ0v) is 10.3. The van der Waals surface area contributed by atoms with Gasteiger partial charge in [0.25, 0.3) is 0 Å². The average Bonchev–Trinajstić information content (AvgIpc) is 2.35. The zero-order valence-electron chi connectivity index (χ0n) is 9.56. The Bertz CT molecular complexity index is 499. The van der Waals surface area contributed by atoms with Gasteiger partial charge >= 0.3 is 0 Å². The van der Waals surface area contributed by atoms with Gasteiger partial charge in [-0.25, -0.2) is 0 Å². The minimum Gasteiger partial charge on any atom is -0.484 e. The highest BCUT2D eigenvalue weighted by molar-refractivity contribution is 6.30. The maximum absolute atomic E-state index is 5.91. The van der Waals surface area contributed by atoms with Crippen molar-refractivity contribution in [2.45, 2.75) is 13.0 Å². The van der Waals surface area contributed by atoms with Gasteiger partial charge in [0.05, 0.1) is 5.69 Å². The predicted octanol–water partition coefficient (Wildman–Crippen LogP) is 4.06. The van der Waals surface area contributed by atoms with Gasteiger partial charge in [0.15, 0.2) is 0 Å². The van der Waals surface area contributed by atoms with Crippen LogP contribution in [0, 0.1) is 0 Å². The van der Waals surface area contributed by atoms with Crippen LogP contribution in [-0.2, 0) is 0 Å². The van der Waals surface area contributed by atoms with Crippen LogP contribution in [0.15, 0.2) is 48.5 Å². The normalized spacial score (nSPS) is 12.1. The first-order chi connectivity index (χ1) is 8.16. The van der Waals surface area contributed by atoms with Crippen LogP contribution in [0.2, 0.25) is 5.02 Å². The first-order valence-electron chi connectivity index (χ1n) is 5.43. The van der Waals surface area contributed by atoms with Gasteiger partial charge in [-0.05, 0) is 24.6 Å². The fourth-order valence-electron chi connectivity index (χ4n) is 1.59. The summed E-state index contributed by atoms with van der Waals surface area (Å²) < 4.78 is 5.80. The van der Waals surface area contributed by atoms with Gasteiger partial charge in [0.1, 0.15) is 11.9 Å². The van der Waals surface area contributed by atoms with Crippen LogP contribution >= 0.6 is 11.6 Å². The topological polar surface area (TPSA) is 35.2 Å². The summed E-state index contributed by atoms with van der Waals surface area (Å²) in [4.78, 5) is 0.